The molecule has 238 valence electrons. The van der Waals surface area contributed by atoms with Gasteiger partial charge in [0.15, 0.2) is 0 Å². The van der Waals surface area contributed by atoms with E-state index in [1.165, 1.54) is 19.3 Å². The van der Waals surface area contributed by atoms with Crippen LogP contribution in [0.25, 0.3) is 0 Å². The molecule has 0 aliphatic carbocycles. The summed E-state index contributed by atoms with van der Waals surface area (Å²) in [5.74, 6) is -0.0362. The molecule has 1 atom stereocenters. The summed E-state index contributed by atoms with van der Waals surface area (Å²) in [4.78, 5) is 48.6. The third-order valence-corrected chi connectivity index (χ3v) is 11.7. The van der Waals surface area contributed by atoms with Gasteiger partial charge in [0.1, 0.15) is 6.04 Å². The molecule has 4 aliphatic heterocycles. The van der Waals surface area contributed by atoms with Crippen LogP contribution >= 0.6 is 43.2 Å². The molecule has 3 fully saturated rings. The molecule has 5 amide bonds. The first-order chi connectivity index (χ1) is 21.3. The maximum absolute atomic E-state index is 14.0. The number of halogens is 2. The third-order valence-electron chi connectivity index (χ3n) is 9.64. The van der Waals surface area contributed by atoms with E-state index < -0.39 is 6.04 Å². The molecule has 5 heterocycles. The van der Waals surface area contributed by atoms with Crippen molar-refractivity contribution < 1.29 is 14.4 Å². The number of hydrogen-bond donors (Lipinski definition) is 3. The minimum Gasteiger partial charge on any atom is -0.397 e. The van der Waals surface area contributed by atoms with Gasteiger partial charge in [-0.05, 0) is 107 Å². The number of nitrogens with zero attached hydrogens (tertiary/aromatic N) is 4. The number of fused-ring (bicyclic) bond motifs is 1. The van der Waals surface area contributed by atoms with E-state index in [1.54, 1.807) is 16.2 Å². The van der Waals surface area contributed by atoms with Crippen molar-refractivity contribution in [1.29, 1.82) is 0 Å². The number of nitrogens with two attached hydrogens (primary N) is 1. The second-order valence-electron chi connectivity index (χ2n) is 12.4. The lowest BCUT2D eigenvalue weighted by Crippen LogP contribution is -2.57. The van der Waals surface area contributed by atoms with Gasteiger partial charge in [-0.3, -0.25) is 4.79 Å². The fourth-order valence-corrected chi connectivity index (χ4v) is 9.12. The lowest BCUT2D eigenvalue weighted by Gasteiger charge is -2.41. The Morgan fingerprint density at radius 2 is 1.57 bits per heavy atom. The number of amides is 5. The number of rotatable bonds is 6. The number of anilines is 2. The number of urea groups is 2. The van der Waals surface area contributed by atoms with Crippen molar-refractivity contribution >= 4 is 72.5 Å². The van der Waals surface area contributed by atoms with Crippen LogP contribution < -0.4 is 16.4 Å². The zero-order valence-corrected chi connectivity index (χ0v) is 28.9. The molecule has 0 unspecified atom stereocenters. The number of nitrogen functional groups attached to an aromatic ring is 1. The average Bonchev–Trinajstić information content (AvgIpc) is 3.50. The van der Waals surface area contributed by atoms with E-state index in [0.717, 1.165) is 51.7 Å². The van der Waals surface area contributed by atoms with E-state index in [0.29, 0.717) is 63.7 Å². The van der Waals surface area contributed by atoms with Crippen molar-refractivity contribution in [2.24, 2.45) is 0 Å². The van der Waals surface area contributed by atoms with Gasteiger partial charge in [-0.25, -0.2) is 9.59 Å². The molecule has 4 N–H and O–H groups in total. The van der Waals surface area contributed by atoms with Gasteiger partial charge in [0.25, 0.3) is 0 Å². The fourth-order valence-electron chi connectivity index (χ4n) is 7.06. The summed E-state index contributed by atoms with van der Waals surface area (Å²) in [5.41, 5.74) is 9.67. The van der Waals surface area contributed by atoms with Crippen molar-refractivity contribution in [2.45, 2.75) is 76.0 Å². The van der Waals surface area contributed by atoms with Gasteiger partial charge < -0.3 is 36.0 Å². The van der Waals surface area contributed by atoms with Gasteiger partial charge in [-0.1, -0.05) is 6.42 Å². The van der Waals surface area contributed by atoms with Crippen LogP contribution in [0.2, 0.25) is 0 Å². The van der Waals surface area contributed by atoms with Gasteiger partial charge in [0, 0.05) is 64.6 Å². The van der Waals surface area contributed by atoms with Crippen LogP contribution in [0.1, 0.15) is 56.1 Å². The van der Waals surface area contributed by atoms with Crippen LogP contribution in [0.15, 0.2) is 31.8 Å². The number of nitrogens with one attached hydrogen (secondary N) is 2. The normalized spacial score (nSPS) is 21.1. The highest BCUT2D eigenvalue weighted by Gasteiger charge is 2.36. The highest BCUT2D eigenvalue weighted by Crippen LogP contribution is 2.32. The van der Waals surface area contributed by atoms with Crippen molar-refractivity contribution in [3.05, 3.63) is 43.0 Å². The fraction of sp³-hybridized carbons (Fsp3) is 0.581. The Labute approximate surface area is 279 Å². The Morgan fingerprint density at radius 3 is 2.25 bits per heavy atom. The lowest BCUT2D eigenvalue weighted by atomic mass is 9.98. The summed E-state index contributed by atoms with van der Waals surface area (Å²) >= 11 is 8.64. The summed E-state index contributed by atoms with van der Waals surface area (Å²) in [6.07, 6.45) is 7.53. The SMILES string of the molecule is Nc1c(Br)cc(C[C@@H](NC(=O)N2CCC(N3Cc4cscc4NC3=O)CC2)C(=O)N2CCC(N3CCCCC3)CC2)cc1Br. The molecule has 0 saturated carbocycles. The topological polar surface area (TPSA) is 114 Å². The number of carbonyl (C=O) groups is 3. The van der Waals surface area contributed by atoms with Crippen LogP contribution in [0.3, 0.4) is 0 Å². The minimum atomic E-state index is -0.695. The molecule has 1 aromatic heterocycles. The van der Waals surface area contributed by atoms with Gasteiger partial charge in [0.2, 0.25) is 5.91 Å². The Kier molecular flexibility index (Phi) is 10.0. The first-order valence-electron chi connectivity index (χ1n) is 15.7. The van der Waals surface area contributed by atoms with Crippen LogP contribution in [0.5, 0.6) is 0 Å². The summed E-state index contributed by atoms with van der Waals surface area (Å²) in [6, 6.07) is 3.43. The standard InChI is InChI=1S/C31H41Br2N7O3S/c32-24-14-20(15-25(33)28(24)34)16-26(29(41)38-10-4-22(5-11-38)37-8-2-1-3-9-37)35-30(42)39-12-6-23(7-13-39)40-17-21-18-44-19-27(21)36-31(40)43/h14-15,18-19,22-23,26H,1-13,16-17,34H2,(H,35,42)(H,36,43)/t26-/m1/s1. The number of likely N-dealkylation sites (tertiary alicyclic amines) is 3. The van der Waals surface area contributed by atoms with Crippen LogP contribution in [0.4, 0.5) is 21.0 Å². The number of hydrogen-bond acceptors (Lipinski definition) is 6. The smallest absolute Gasteiger partial charge is 0.322 e. The first-order valence-corrected chi connectivity index (χ1v) is 18.2. The van der Waals surface area contributed by atoms with Gasteiger partial charge in [-0.2, -0.15) is 0 Å². The molecule has 44 heavy (non-hydrogen) atoms. The second-order valence-corrected chi connectivity index (χ2v) is 14.9. The molecular weight excluding hydrogens is 710 g/mol. The molecule has 13 heteroatoms. The van der Waals surface area contributed by atoms with E-state index in [9.17, 15) is 14.4 Å². The molecule has 4 aliphatic rings. The summed E-state index contributed by atoms with van der Waals surface area (Å²) < 4.78 is 1.50. The lowest BCUT2D eigenvalue weighted by molar-refractivity contribution is -0.134. The maximum atomic E-state index is 14.0. The van der Waals surface area contributed by atoms with Crippen LogP contribution in [0, 0.1) is 0 Å². The maximum Gasteiger partial charge on any atom is 0.322 e. The molecule has 3 saturated heterocycles. The number of carbonyl (C=O) groups excluding carboxylic acids is 3. The molecule has 2 aromatic rings. The van der Waals surface area contributed by atoms with Crippen molar-refractivity contribution in [2.75, 3.05) is 50.3 Å². The predicted octanol–water partition coefficient (Wildman–Crippen LogP) is 5.47. The molecule has 0 bridgehead atoms. The molecule has 6 rings (SSSR count). The van der Waals surface area contributed by atoms with E-state index in [2.05, 4.69) is 52.8 Å². The Balaban J connectivity index is 1.09. The van der Waals surface area contributed by atoms with E-state index in [1.807, 2.05) is 27.3 Å². The monoisotopic (exact) mass is 749 g/mol. The predicted molar refractivity (Wildman–Crippen MR) is 181 cm³/mol. The van der Waals surface area contributed by atoms with Crippen LogP contribution in [-0.4, -0.2) is 95.0 Å². The molecule has 10 nitrogen and oxygen atoms in total. The van der Waals surface area contributed by atoms with Crippen LogP contribution in [-0.2, 0) is 17.8 Å². The Hall–Kier alpha value is -2.35. The largest absolute Gasteiger partial charge is 0.397 e. The quantitative estimate of drug-likeness (QED) is 0.340. The van der Waals surface area contributed by atoms with E-state index in [4.69, 9.17) is 5.73 Å². The minimum absolute atomic E-state index is 0.0362. The molecule has 0 radical (unpaired) electrons. The van der Waals surface area contributed by atoms with Gasteiger partial charge in [-0.15, -0.1) is 11.3 Å². The Bertz CT molecular complexity index is 1340. The summed E-state index contributed by atoms with van der Waals surface area (Å²) in [7, 11) is 0. The second kappa shape index (κ2) is 14.0. The summed E-state index contributed by atoms with van der Waals surface area (Å²) in [6.45, 7) is 5.38. The van der Waals surface area contributed by atoms with Crippen molar-refractivity contribution in [3.8, 4) is 0 Å². The third kappa shape index (κ3) is 7.05. The summed E-state index contributed by atoms with van der Waals surface area (Å²) in [5, 5.41) is 10.1. The zero-order chi connectivity index (χ0) is 30.8. The van der Waals surface area contributed by atoms with Gasteiger partial charge >= 0.3 is 12.1 Å². The number of piperidine rings is 3. The average molecular weight is 752 g/mol. The Morgan fingerprint density at radius 1 is 0.932 bits per heavy atom. The highest BCUT2D eigenvalue weighted by atomic mass is 79.9. The van der Waals surface area contributed by atoms with Crippen molar-refractivity contribution in [1.82, 2.24) is 24.9 Å². The molecular formula is C31H41Br2N7O3S. The van der Waals surface area contributed by atoms with E-state index in [-0.39, 0.29) is 24.0 Å². The first kappa shape index (κ1) is 31.6. The number of thiophene rings is 1. The highest BCUT2D eigenvalue weighted by molar-refractivity contribution is 9.11. The molecule has 0 spiro atoms. The zero-order valence-electron chi connectivity index (χ0n) is 24.9. The molecule has 1 aromatic carbocycles. The van der Waals surface area contributed by atoms with Gasteiger partial charge in [0.05, 0.1) is 17.9 Å². The van der Waals surface area contributed by atoms with E-state index >= 15 is 0 Å². The number of benzene rings is 1. The van der Waals surface area contributed by atoms with Crippen molar-refractivity contribution in [3.63, 3.8) is 0 Å².